The van der Waals surface area contributed by atoms with Crippen LogP contribution in [-0.2, 0) is 17.4 Å². The third-order valence-corrected chi connectivity index (χ3v) is 6.15. The summed E-state index contributed by atoms with van der Waals surface area (Å²) in [7, 11) is -1.14. The topological polar surface area (TPSA) is 126 Å². The van der Waals surface area contributed by atoms with Crippen LogP contribution in [0.4, 0.5) is 11.6 Å². The third kappa shape index (κ3) is 3.88. The number of nitrogens with zero attached hydrogens (tertiary/aromatic N) is 4. The minimum absolute atomic E-state index is 0.249. The molecule has 2 aromatic carbocycles. The zero-order valence-corrected chi connectivity index (χ0v) is 18.7. The van der Waals surface area contributed by atoms with Gasteiger partial charge in [0.25, 0.3) is 0 Å². The number of thiol groups is 1. The number of fused-ring (bicyclic) bond motifs is 2. The highest BCUT2D eigenvalue weighted by atomic mass is 32.2. The van der Waals surface area contributed by atoms with Gasteiger partial charge in [0.1, 0.15) is 0 Å². The Labute approximate surface area is 189 Å². The van der Waals surface area contributed by atoms with Crippen LogP contribution in [0.25, 0.3) is 27.9 Å². The fraction of sp³-hybridized carbons (Fsp3) is 0.136. The molecular weight excluding hydrogens is 444 g/mol. The molecule has 0 unspecified atom stereocenters. The van der Waals surface area contributed by atoms with Gasteiger partial charge in [0.2, 0.25) is 16.8 Å². The summed E-state index contributed by atoms with van der Waals surface area (Å²) in [6.45, 7) is 2.09. The molecule has 0 radical (unpaired) electrons. The average molecular weight is 465 g/mol. The smallest absolute Gasteiger partial charge is 0.407 e. The molecule has 33 heavy (non-hydrogen) atoms. The summed E-state index contributed by atoms with van der Waals surface area (Å²) in [4.78, 5) is 18.6. The van der Waals surface area contributed by atoms with Crippen LogP contribution in [0.2, 0.25) is 0 Å². The summed E-state index contributed by atoms with van der Waals surface area (Å²) >= 11 is 0. The lowest BCUT2D eigenvalue weighted by Gasteiger charge is -2.14. The summed E-state index contributed by atoms with van der Waals surface area (Å²) in [6.07, 6.45) is 1.70. The van der Waals surface area contributed by atoms with E-state index in [1.165, 1.54) is 11.4 Å². The van der Waals surface area contributed by atoms with E-state index in [-0.39, 0.29) is 6.54 Å². The van der Waals surface area contributed by atoms with E-state index < -0.39 is 16.6 Å². The van der Waals surface area contributed by atoms with Crippen LogP contribution in [0.5, 0.6) is 0 Å². The Morgan fingerprint density at radius 1 is 1.15 bits per heavy atom. The van der Waals surface area contributed by atoms with E-state index in [9.17, 15) is 13.2 Å². The number of aryl methyl sites for hydroxylation is 1. The van der Waals surface area contributed by atoms with Gasteiger partial charge in [-0.1, -0.05) is 24.3 Å². The monoisotopic (exact) mass is 464 g/mol. The van der Waals surface area contributed by atoms with Crippen LogP contribution in [-0.4, -0.2) is 39.4 Å². The fourth-order valence-corrected chi connectivity index (χ4v) is 4.05. The largest absolute Gasteiger partial charge is 0.417 e. The van der Waals surface area contributed by atoms with E-state index in [1.807, 2.05) is 49.4 Å². The molecule has 3 heterocycles. The molecule has 0 spiro atoms. The Bertz CT molecular complexity index is 1620. The van der Waals surface area contributed by atoms with Gasteiger partial charge in [-0.25, -0.2) is 27.0 Å². The number of hydrogen-bond acceptors (Lipinski definition) is 7. The van der Waals surface area contributed by atoms with Crippen molar-refractivity contribution < 1.29 is 12.8 Å². The highest BCUT2D eigenvalue weighted by Gasteiger charge is 2.14. The molecule has 2 N–H and O–H groups in total. The van der Waals surface area contributed by atoms with Crippen LogP contribution >= 0.6 is 0 Å². The van der Waals surface area contributed by atoms with Crippen LogP contribution < -0.4 is 11.1 Å². The molecular formula is C22H20N6O4S. The van der Waals surface area contributed by atoms with Gasteiger partial charge in [-0.3, -0.25) is 4.98 Å². The second-order valence-electron chi connectivity index (χ2n) is 7.60. The Morgan fingerprint density at radius 2 is 1.97 bits per heavy atom. The summed E-state index contributed by atoms with van der Waals surface area (Å²) in [6, 6.07) is 15.0. The van der Waals surface area contributed by atoms with Gasteiger partial charge in [0.05, 0.1) is 22.9 Å². The highest BCUT2D eigenvalue weighted by molar-refractivity contribution is 7.69. The van der Waals surface area contributed by atoms with Gasteiger partial charge < -0.3 is 9.73 Å². The second kappa shape index (κ2) is 8.19. The normalized spacial score (nSPS) is 11.8. The van der Waals surface area contributed by atoms with Crippen molar-refractivity contribution in [1.29, 1.82) is 0 Å². The van der Waals surface area contributed by atoms with Crippen molar-refractivity contribution in [1.82, 2.24) is 23.9 Å². The van der Waals surface area contributed by atoms with Crippen molar-refractivity contribution in [2.24, 2.45) is 0 Å². The summed E-state index contributed by atoms with van der Waals surface area (Å²) in [5.41, 5.74) is 5.88. The number of anilines is 2. The van der Waals surface area contributed by atoms with E-state index in [2.05, 4.69) is 20.4 Å². The second-order valence-corrected chi connectivity index (χ2v) is 8.76. The average Bonchev–Trinajstić information content (AvgIpc) is 3.39. The standard InChI is InChI=1S/C22H20N6O4S/c1-13-17(8-9-18-20(13)32-22(29)25-18)24-21-23-11-15-7-10-19(28(15)26-21)16-6-4-3-5-14(16)12-27(2)33(30)31/h3-11,33H,12H2,1-2H3,(H,24,26)(H,25,29). The van der Waals surface area contributed by atoms with Crippen molar-refractivity contribution in [3.8, 4) is 11.3 Å². The van der Waals surface area contributed by atoms with Crippen molar-refractivity contribution in [2.45, 2.75) is 13.5 Å². The van der Waals surface area contributed by atoms with E-state index in [4.69, 9.17) is 4.42 Å². The lowest BCUT2D eigenvalue weighted by molar-refractivity contribution is 0.487. The number of benzene rings is 2. The van der Waals surface area contributed by atoms with Gasteiger partial charge in [0.15, 0.2) is 5.58 Å². The van der Waals surface area contributed by atoms with Crippen LogP contribution in [0.15, 0.2) is 63.9 Å². The highest BCUT2D eigenvalue weighted by Crippen LogP contribution is 2.28. The fourth-order valence-electron chi connectivity index (χ4n) is 3.78. The Hall–Kier alpha value is -3.96. The summed E-state index contributed by atoms with van der Waals surface area (Å²) in [5.74, 6) is -0.150. The maximum absolute atomic E-state index is 11.5. The van der Waals surface area contributed by atoms with Crippen molar-refractivity contribution in [3.63, 3.8) is 0 Å². The number of rotatable bonds is 6. The molecule has 10 nitrogen and oxygen atoms in total. The maximum Gasteiger partial charge on any atom is 0.417 e. The minimum atomic E-state index is -2.68. The molecule has 0 atom stereocenters. The molecule has 0 amide bonds. The van der Waals surface area contributed by atoms with Crippen molar-refractivity contribution in [2.75, 3.05) is 12.4 Å². The first-order valence-electron chi connectivity index (χ1n) is 10.1. The molecule has 0 bridgehead atoms. The van der Waals surface area contributed by atoms with Gasteiger partial charge in [-0.15, -0.1) is 5.10 Å². The van der Waals surface area contributed by atoms with Gasteiger partial charge in [-0.05, 0) is 36.8 Å². The van der Waals surface area contributed by atoms with Gasteiger partial charge in [-0.2, -0.15) is 0 Å². The van der Waals surface area contributed by atoms with E-state index >= 15 is 0 Å². The van der Waals surface area contributed by atoms with Gasteiger partial charge >= 0.3 is 5.76 Å². The van der Waals surface area contributed by atoms with E-state index in [1.54, 1.807) is 16.8 Å². The lowest BCUT2D eigenvalue weighted by atomic mass is 10.0. The molecule has 0 aliphatic carbocycles. The van der Waals surface area contributed by atoms with Crippen LogP contribution in [0.3, 0.4) is 0 Å². The van der Waals surface area contributed by atoms with E-state index in [0.717, 1.165) is 27.9 Å². The summed E-state index contributed by atoms with van der Waals surface area (Å²) in [5, 5.41) is 7.84. The molecule has 0 aliphatic rings. The molecule has 11 heteroatoms. The first-order chi connectivity index (χ1) is 15.9. The third-order valence-electron chi connectivity index (χ3n) is 5.45. The van der Waals surface area contributed by atoms with Crippen molar-refractivity contribution in [3.05, 3.63) is 76.4 Å². The molecule has 3 aromatic heterocycles. The Kier molecular flexibility index (Phi) is 5.19. The number of aromatic nitrogens is 4. The first kappa shape index (κ1) is 20.9. The number of H-pyrrole nitrogens is 1. The van der Waals surface area contributed by atoms with Gasteiger partial charge in [0, 0.05) is 30.4 Å². The van der Waals surface area contributed by atoms with Crippen LogP contribution in [0.1, 0.15) is 11.1 Å². The van der Waals surface area contributed by atoms with E-state index in [0.29, 0.717) is 22.7 Å². The van der Waals surface area contributed by atoms with Crippen molar-refractivity contribution >= 4 is 39.1 Å². The number of nitrogens with one attached hydrogen (secondary N) is 2. The Balaban J connectivity index is 1.55. The maximum atomic E-state index is 11.5. The minimum Gasteiger partial charge on any atom is -0.407 e. The predicted molar refractivity (Wildman–Crippen MR) is 125 cm³/mol. The first-order valence-corrected chi connectivity index (χ1v) is 11.2. The molecule has 0 saturated heterocycles. The predicted octanol–water partition coefficient (Wildman–Crippen LogP) is 2.84. The molecule has 0 fully saturated rings. The van der Waals surface area contributed by atoms with Crippen LogP contribution in [0, 0.1) is 6.92 Å². The zero-order valence-electron chi connectivity index (χ0n) is 17.8. The molecule has 168 valence electrons. The molecule has 5 aromatic rings. The lowest BCUT2D eigenvalue weighted by Crippen LogP contribution is -2.16. The number of aromatic amines is 1. The SMILES string of the molecule is Cc1c(Nc2ncc3ccc(-c4ccccc4CN(C)[SH](=O)=O)n3n2)ccc2[nH]c(=O)oc12. The molecule has 5 rings (SSSR count). The number of oxazole rings is 1. The zero-order chi connectivity index (χ0) is 23.1. The molecule has 0 saturated carbocycles. The summed E-state index contributed by atoms with van der Waals surface area (Å²) < 4.78 is 30.9. The Morgan fingerprint density at radius 3 is 2.79 bits per heavy atom. The molecule has 0 aliphatic heterocycles. The number of hydrogen-bond donors (Lipinski definition) is 3. The quantitative estimate of drug-likeness (QED) is 0.330.